The van der Waals surface area contributed by atoms with Crippen LogP contribution in [0.25, 0.3) is 11.4 Å². The molecule has 0 saturated carbocycles. The third-order valence-electron chi connectivity index (χ3n) is 4.30. The van der Waals surface area contributed by atoms with Gasteiger partial charge in [0.15, 0.2) is 0 Å². The molecule has 3 aromatic rings. The summed E-state index contributed by atoms with van der Waals surface area (Å²) < 4.78 is 0. The Morgan fingerprint density at radius 3 is 2.33 bits per heavy atom. The largest absolute Gasteiger partial charge is 0.378 e. The van der Waals surface area contributed by atoms with E-state index in [1.54, 1.807) is 0 Å². The number of aromatic nitrogens is 4. The molecule has 3 rings (SSSR count). The highest BCUT2D eigenvalue weighted by Crippen LogP contribution is 2.15. The second-order valence-electron chi connectivity index (χ2n) is 6.53. The molecule has 27 heavy (non-hydrogen) atoms. The van der Waals surface area contributed by atoms with Crippen molar-refractivity contribution in [2.75, 3.05) is 19.0 Å². The van der Waals surface area contributed by atoms with Gasteiger partial charge in [0.25, 0.3) is 0 Å². The Labute approximate surface area is 159 Å². The van der Waals surface area contributed by atoms with Crippen molar-refractivity contribution in [1.82, 2.24) is 25.5 Å². The van der Waals surface area contributed by atoms with Gasteiger partial charge in [0.1, 0.15) is 6.54 Å². The van der Waals surface area contributed by atoms with Gasteiger partial charge in [0.2, 0.25) is 11.7 Å². The predicted octanol–water partition coefficient (Wildman–Crippen LogP) is 2.28. The average molecular weight is 364 g/mol. The molecule has 0 aliphatic heterocycles. The van der Waals surface area contributed by atoms with Crippen LogP contribution in [0, 0.1) is 0 Å². The maximum Gasteiger partial charge on any atom is 0.243 e. The monoisotopic (exact) mass is 364 g/mol. The summed E-state index contributed by atoms with van der Waals surface area (Å²) in [6.45, 7) is 2.61. The van der Waals surface area contributed by atoms with Gasteiger partial charge in [-0.1, -0.05) is 43.3 Å². The summed E-state index contributed by atoms with van der Waals surface area (Å²) in [6, 6.07) is 16.1. The van der Waals surface area contributed by atoms with Crippen molar-refractivity contribution in [3.8, 4) is 11.4 Å². The second-order valence-corrected chi connectivity index (χ2v) is 6.53. The van der Waals surface area contributed by atoms with E-state index in [-0.39, 0.29) is 12.5 Å². The van der Waals surface area contributed by atoms with Gasteiger partial charge >= 0.3 is 0 Å². The first kappa shape index (κ1) is 18.6. The van der Waals surface area contributed by atoms with Gasteiger partial charge in [-0.2, -0.15) is 4.80 Å². The van der Waals surface area contributed by atoms with Gasteiger partial charge in [-0.3, -0.25) is 4.79 Å². The highest BCUT2D eigenvalue weighted by atomic mass is 16.2. The lowest BCUT2D eigenvalue weighted by Gasteiger charge is -2.12. The molecular formula is C20H24N6O. The molecule has 1 amide bonds. The molecule has 0 unspecified atom stereocenters. The number of anilines is 1. The summed E-state index contributed by atoms with van der Waals surface area (Å²) in [6.07, 6.45) is 0.985. The maximum atomic E-state index is 12.1. The molecule has 0 bridgehead atoms. The summed E-state index contributed by atoms with van der Waals surface area (Å²) in [7, 11) is 3.99. The lowest BCUT2D eigenvalue weighted by Crippen LogP contribution is -2.28. The molecule has 0 saturated heterocycles. The van der Waals surface area contributed by atoms with E-state index in [1.807, 2.05) is 67.5 Å². The van der Waals surface area contributed by atoms with Gasteiger partial charge in [0, 0.05) is 31.9 Å². The van der Waals surface area contributed by atoms with E-state index >= 15 is 0 Å². The fourth-order valence-corrected chi connectivity index (χ4v) is 2.61. The first-order valence-corrected chi connectivity index (χ1v) is 8.95. The van der Waals surface area contributed by atoms with Crippen molar-refractivity contribution in [2.45, 2.75) is 26.4 Å². The molecule has 0 atom stereocenters. The molecule has 7 nitrogen and oxygen atoms in total. The van der Waals surface area contributed by atoms with Crippen LogP contribution in [0.4, 0.5) is 5.69 Å². The summed E-state index contributed by atoms with van der Waals surface area (Å²) >= 11 is 0. The number of amides is 1. The summed E-state index contributed by atoms with van der Waals surface area (Å²) in [5.74, 6) is 0.363. The number of benzene rings is 2. The van der Waals surface area contributed by atoms with Gasteiger partial charge in [-0.15, -0.1) is 10.2 Å². The fraction of sp³-hybridized carbons (Fsp3) is 0.300. The van der Waals surface area contributed by atoms with Crippen LogP contribution in [-0.2, 0) is 24.3 Å². The zero-order valence-electron chi connectivity index (χ0n) is 15.9. The number of nitrogens with zero attached hydrogens (tertiary/aromatic N) is 5. The van der Waals surface area contributed by atoms with Crippen molar-refractivity contribution >= 4 is 11.6 Å². The molecule has 2 aromatic carbocycles. The average Bonchev–Trinajstić information content (AvgIpc) is 3.15. The van der Waals surface area contributed by atoms with Crippen molar-refractivity contribution < 1.29 is 4.79 Å². The minimum atomic E-state index is -0.156. The summed E-state index contributed by atoms with van der Waals surface area (Å²) in [4.78, 5) is 15.5. The molecule has 140 valence electrons. The Bertz CT molecular complexity index is 884. The van der Waals surface area contributed by atoms with E-state index in [0.29, 0.717) is 12.4 Å². The van der Waals surface area contributed by atoms with Crippen LogP contribution in [0.2, 0.25) is 0 Å². The van der Waals surface area contributed by atoms with E-state index in [0.717, 1.165) is 23.2 Å². The molecule has 0 aliphatic rings. The highest BCUT2D eigenvalue weighted by molar-refractivity contribution is 5.75. The van der Waals surface area contributed by atoms with Crippen LogP contribution in [0.3, 0.4) is 0 Å². The Kier molecular flexibility index (Phi) is 5.80. The minimum Gasteiger partial charge on any atom is -0.378 e. The third-order valence-corrected chi connectivity index (χ3v) is 4.30. The SMILES string of the molecule is CCc1ccc(-c2nnn(CC(=O)NCc3ccc(N(C)C)cc3)n2)cc1. The van der Waals surface area contributed by atoms with Crippen LogP contribution in [0.15, 0.2) is 48.5 Å². The van der Waals surface area contributed by atoms with Gasteiger partial charge in [-0.25, -0.2) is 0 Å². The highest BCUT2D eigenvalue weighted by Gasteiger charge is 2.09. The summed E-state index contributed by atoms with van der Waals surface area (Å²) in [5, 5.41) is 15.2. The number of carbonyl (C=O) groups excluding carboxylic acids is 1. The van der Waals surface area contributed by atoms with Crippen molar-refractivity contribution in [2.24, 2.45) is 0 Å². The number of hydrogen-bond donors (Lipinski definition) is 1. The maximum absolute atomic E-state index is 12.1. The number of hydrogen-bond acceptors (Lipinski definition) is 5. The number of tetrazole rings is 1. The topological polar surface area (TPSA) is 75.9 Å². The quantitative estimate of drug-likeness (QED) is 0.696. The molecule has 7 heteroatoms. The normalized spacial score (nSPS) is 10.6. The Morgan fingerprint density at radius 1 is 1.04 bits per heavy atom. The Hall–Kier alpha value is -3.22. The number of nitrogens with one attached hydrogen (secondary N) is 1. The first-order valence-electron chi connectivity index (χ1n) is 8.95. The number of carbonyl (C=O) groups is 1. The third kappa shape index (κ3) is 4.91. The van der Waals surface area contributed by atoms with Crippen molar-refractivity contribution in [3.05, 3.63) is 59.7 Å². The summed E-state index contributed by atoms with van der Waals surface area (Å²) in [5.41, 5.74) is 4.30. The molecule has 0 aliphatic carbocycles. The Morgan fingerprint density at radius 2 is 1.70 bits per heavy atom. The van der Waals surface area contributed by atoms with Gasteiger partial charge < -0.3 is 10.2 Å². The lowest BCUT2D eigenvalue weighted by atomic mass is 10.1. The minimum absolute atomic E-state index is 0.0375. The van der Waals surface area contributed by atoms with Crippen LogP contribution in [0.5, 0.6) is 0 Å². The van der Waals surface area contributed by atoms with Crippen LogP contribution >= 0.6 is 0 Å². The zero-order valence-corrected chi connectivity index (χ0v) is 15.9. The first-order chi connectivity index (χ1) is 13.0. The van der Waals surface area contributed by atoms with E-state index in [2.05, 4.69) is 27.7 Å². The second kappa shape index (κ2) is 8.44. The molecular weight excluding hydrogens is 340 g/mol. The molecule has 1 N–H and O–H groups in total. The molecule has 0 spiro atoms. The van der Waals surface area contributed by atoms with Crippen LogP contribution in [-0.4, -0.2) is 40.2 Å². The van der Waals surface area contributed by atoms with Crippen molar-refractivity contribution in [3.63, 3.8) is 0 Å². The van der Waals surface area contributed by atoms with Gasteiger partial charge in [-0.05, 0) is 34.9 Å². The zero-order chi connectivity index (χ0) is 19.2. The van der Waals surface area contributed by atoms with E-state index in [1.165, 1.54) is 10.4 Å². The smallest absolute Gasteiger partial charge is 0.243 e. The van der Waals surface area contributed by atoms with E-state index in [9.17, 15) is 4.79 Å². The van der Waals surface area contributed by atoms with Crippen LogP contribution in [0.1, 0.15) is 18.1 Å². The van der Waals surface area contributed by atoms with Crippen molar-refractivity contribution in [1.29, 1.82) is 0 Å². The standard InChI is InChI=1S/C20H24N6O/c1-4-15-5-9-17(10-6-15)20-22-24-26(23-20)14-19(27)21-13-16-7-11-18(12-8-16)25(2)3/h5-12H,4,13-14H2,1-3H3,(H,21,27). The number of aryl methyl sites for hydroxylation is 1. The molecule has 0 radical (unpaired) electrons. The lowest BCUT2D eigenvalue weighted by molar-refractivity contribution is -0.122. The van der Waals surface area contributed by atoms with E-state index < -0.39 is 0 Å². The molecule has 1 aromatic heterocycles. The Balaban J connectivity index is 1.54. The molecule has 0 fully saturated rings. The van der Waals surface area contributed by atoms with E-state index in [4.69, 9.17) is 0 Å². The predicted molar refractivity (Wildman–Crippen MR) is 105 cm³/mol. The molecule has 1 heterocycles. The van der Waals surface area contributed by atoms with Crippen LogP contribution < -0.4 is 10.2 Å². The van der Waals surface area contributed by atoms with Gasteiger partial charge in [0.05, 0.1) is 0 Å². The number of rotatable bonds is 7. The fourth-order valence-electron chi connectivity index (χ4n) is 2.61.